The third-order valence-electron chi connectivity index (χ3n) is 3.29. The zero-order valence-electron chi connectivity index (χ0n) is 12.4. The van der Waals surface area contributed by atoms with Crippen LogP contribution in [0.25, 0.3) is 5.65 Å². The molecule has 0 amide bonds. The molecule has 2 heterocycles. The van der Waals surface area contributed by atoms with Crippen molar-refractivity contribution in [3.8, 4) is 0 Å². The Labute approximate surface area is 128 Å². The minimum atomic E-state index is -3.70. The number of aryl methyl sites for hydroxylation is 3. The fourth-order valence-corrected chi connectivity index (χ4v) is 3.47. The first-order chi connectivity index (χ1) is 10.4. The molecule has 7 nitrogen and oxygen atoms in total. The summed E-state index contributed by atoms with van der Waals surface area (Å²) < 4.78 is 29.1. The maximum atomic E-state index is 12.5. The lowest BCUT2D eigenvalue weighted by Gasteiger charge is -2.10. The molecule has 0 spiro atoms. The van der Waals surface area contributed by atoms with Gasteiger partial charge in [0.15, 0.2) is 17.3 Å². The second-order valence-corrected chi connectivity index (χ2v) is 6.76. The minimum Gasteiger partial charge on any atom is -0.262 e. The van der Waals surface area contributed by atoms with Crippen LogP contribution in [0.2, 0.25) is 0 Å². The first kappa shape index (κ1) is 14.5. The van der Waals surface area contributed by atoms with Gasteiger partial charge in [-0.2, -0.15) is 4.52 Å². The summed E-state index contributed by atoms with van der Waals surface area (Å²) in [5, 5.41) is 12.0. The summed E-state index contributed by atoms with van der Waals surface area (Å²) in [6, 6.07) is 8.52. The second kappa shape index (κ2) is 5.06. The summed E-state index contributed by atoms with van der Waals surface area (Å²) in [7, 11) is -3.70. The molecule has 0 atom stereocenters. The number of hydrogen-bond acceptors (Lipinski definition) is 5. The van der Waals surface area contributed by atoms with E-state index in [1.807, 2.05) is 13.0 Å². The number of benzene rings is 1. The number of rotatable bonds is 3. The van der Waals surface area contributed by atoms with Gasteiger partial charge in [-0.25, -0.2) is 8.42 Å². The second-order valence-electron chi connectivity index (χ2n) is 5.11. The van der Waals surface area contributed by atoms with E-state index in [0.717, 1.165) is 5.56 Å². The predicted molar refractivity (Wildman–Crippen MR) is 82.2 cm³/mol. The molecule has 3 aromatic rings. The predicted octanol–water partition coefficient (Wildman–Crippen LogP) is 1.85. The van der Waals surface area contributed by atoms with Crippen molar-refractivity contribution in [1.29, 1.82) is 0 Å². The quantitative estimate of drug-likeness (QED) is 0.796. The van der Waals surface area contributed by atoms with Gasteiger partial charge in [-0.05, 0) is 50.1 Å². The Morgan fingerprint density at radius 2 is 1.82 bits per heavy atom. The molecule has 2 aromatic heterocycles. The molecule has 0 unspecified atom stereocenters. The van der Waals surface area contributed by atoms with Gasteiger partial charge in [0, 0.05) is 0 Å². The van der Waals surface area contributed by atoms with Crippen molar-refractivity contribution >= 4 is 21.5 Å². The van der Waals surface area contributed by atoms with Gasteiger partial charge >= 0.3 is 0 Å². The highest BCUT2D eigenvalue weighted by Crippen LogP contribution is 2.19. The van der Waals surface area contributed by atoms with E-state index in [1.54, 1.807) is 38.1 Å². The van der Waals surface area contributed by atoms with Crippen molar-refractivity contribution in [3.63, 3.8) is 0 Å². The van der Waals surface area contributed by atoms with E-state index in [4.69, 9.17) is 0 Å². The van der Waals surface area contributed by atoms with Crippen LogP contribution in [0.4, 0.5) is 5.82 Å². The molecular formula is C14H15N5O2S. The fourth-order valence-electron chi connectivity index (χ4n) is 2.14. The lowest BCUT2D eigenvalue weighted by Crippen LogP contribution is -2.16. The van der Waals surface area contributed by atoms with E-state index in [-0.39, 0.29) is 10.7 Å². The summed E-state index contributed by atoms with van der Waals surface area (Å²) in [5.41, 5.74) is 2.12. The lowest BCUT2D eigenvalue weighted by molar-refractivity contribution is 0.600. The van der Waals surface area contributed by atoms with Crippen LogP contribution in [0.3, 0.4) is 0 Å². The van der Waals surface area contributed by atoms with Crippen LogP contribution < -0.4 is 4.72 Å². The lowest BCUT2D eigenvalue weighted by atomic mass is 10.2. The number of fused-ring (bicyclic) bond motifs is 1. The maximum absolute atomic E-state index is 12.5. The first-order valence-electron chi connectivity index (χ1n) is 6.66. The number of anilines is 1. The molecule has 22 heavy (non-hydrogen) atoms. The Kier molecular flexibility index (Phi) is 3.32. The highest BCUT2D eigenvalue weighted by Gasteiger charge is 2.18. The number of hydrogen-bond donors (Lipinski definition) is 1. The summed E-state index contributed by atoms with van der Waals surface area (Å²) in [4.78, 5) is 0.245. The molecule has 3 rings (SSSR count). The van der Waals surface area contributed by atoms with Crippen LogP contribution in [-0.4, -0.2) is 28.2 Å². The zero-order chi connectivity index (χ0) is 15.9. The van der Waals surface area contributed by atoms with Crippen molar-refractivity contribution in [2.24, 2.45) is 0 Å². The van der Waals surface area contributed by atoms with Crippen molar-refractivity contribution in [2.45, 2.75) is 25.7 Å². The van der Waals surface area contributed by atoms with Crippen LogP contribution in [-0.2, 0) is 10.0 Å². The molecule has 0 fully saturated rings. The third-order valence-corrected chi connectivity index (χ3v) is 4.79. The molecule has 1 N–H and O–H groups in total. The third kappa shape index (κ3) is 2.52. The average Bonchev–Trinajstić information content (AvgIpc) is 2.82. The summed E-state index contributed by atoms with van der Waals surface area (Å²) >= 11 is 0. The number of nitrogens with one attached hydrogen (secondary N) is 1. The summed E-state index contributed by atoms with van der Waals surface area (Å²) in [5.74, 6) is 0.805. The summed E-state index contributed by atoms with van der Waals surface area (Å²) in [6.07, 6.45) is 0. The van der Waals surface area contributed by atoms with Gasteiger partial charge in [-0.1, -0.05) is 12.1 Å². The molecule has 8 heteroatoms. The number of sulfonamides is 1. The van der Waals surface area contributed by atoms with Crippen molar-refractivity contribution in [3.05, 3.63) is 47.3 Å². The number of nitrogens with zero attached hydrogens (tertiary/aromatic N) is 4. The molecule has 0 aliphatic carbocycles. The highest BCUT2D eigenvalue weighted by molar-refractivity contribution is 7.92. The monoisotopic (exact) mass is 317 g/mol. The fraction of sp³-hybridized carbons (Fsp3) is 0.214. The van der Waals surface area contributed by atoms with E-state index >= 15 is 0 Å². The summed E-state index contributed by atoms with van der Waals surface area (Å²) in [6.45, 7) is 5.35. The smallest absolute Gasteiger partial charge is 0.262 e. The van der Waals surface area contributed by atoms with Gasteiger partial charge in [0.25, 0.3) is 10.0 Å². The van der Waals surface area contributed by atoms with Crippen LogP contribution >= 0.6 is 0 Å². The Morgan fingerprint density at radius 3 is 2.59 bits per heavy atom. The van der Waals surface area contributed by atoms with Gasteiger partial charge in [0.2, 0.25) is 0 Å². The van der Waals surface area contributed by atoms with Gasteiger partial charge in [0.1, 0.15) is 0 Å². The Bertz CT molecular complexity index is 963. The largest absolute Gasteiger partial charge is 0.263 e. The maximum Gasteiger partial charge on any atom is 0.263 e. The average molecular weight is 317 g/mol. The zero-order valence-corrected chi connectivity index (χ0v) is 13.2. The van der Waals surface area contributed by atoms with Gasteiger partial charge < -0.3 is 0 Å². The molecule has 0 saturated carbocycles. The van der Waals surface area contributed by atoms with E-state index in [2.05, 4.69) is 20.0 Å². The molecule has 0 saturated heterocycles. The SMILES string of the molecule is Cc1ccc(C)c(S(=O)(=O)Nc2ccc3nnc(C)n3n2)c1. The van der Waals surface area contributed by atoms with Crippen LogP contribution in [0, 0.1) is 20.8 Å². The number of aromatic nitrogens is 4. The topological polar surface area (TPSA) is 89.2 Å². The molecule has 1 aromatic carbocycles. The molecule has 0 bridgehead atoms. The van der Waals surface area contributed by atoms with Crippen LogP contribution in [0.1, 0.15) is 17.0 Å². The Balaban J connectivity index is 2.02. The highest BCUT2D eigenvalue weighted by atomic mass is 32.2. The Morgan fingerprint density at radius 1 is 1.05 bits per heavy atom. The van der Waals surface area contributed by atoms with Gasteiger partial charge in [0.05, 0.1) is 4.90 Å². The normalized spacial score (nSPS) is 11.8. The van der Waals surface area contributed by atoms with Crippen molar-refractivity contribution in [2.75, 3.05) is 4.72 Å². The van der Waals surface area contributed by atoms with Crippen LogP contribution in [0.15, 0.2) is 35.2 Å². The van der Waals surface area contributed by atoms with E-state index in [1.165, 1.54) is 4.52 Å². The van der Waals surface area contributed by atoms with E-state index in [0.29, 0.717) is 17.0 Å². The Hall–Kier alpha value is -2.48. The first-order valence-corrected chi connectivity index (χ1v) is 8.14. The van der Waals surface area contributed by atoms with Crippen molar-refractivity contribution in [1.82, 2.24) is 19.8 Å². The van der Waals surface area contributed by atoms with Crippen molar-refractivity contribution < 1.29 is 8.42 Å². The minimum absolute atomic E-state index is 0.219. The molecule has 0 radical (unpaired) electrons. The van der Waals surface area contributed by atoms with E-state index in [9.17, 15) is 8.42 Å². The van der Waals surface area contributed by atoms with Gasteiger partial charge in [-0.15, -0.1) is 15.3 Å². The van der Waals surface area contributed by atoms with E-state index < -0.39 is 10.0 Å². The van der Waals surface area contributed by atoms with Crippen LogP contribution in [0.5, 0.6) is 0 Å². The molecule has 114 valence electrons. The molecule has 0 aliphatic rings. The van der Waals surface area contributed by atoms with Gasteiger partial charge in [-0.3, -0.25) is 4.72 Å². The molecule has 0 aliphatic heterocycles. The standard InChI is InChI=1S/C14H15N5O2S/c1-9-4-5-10(2)12(8-9)22(20,21)18-13-6-7-14-16-15-11(3)19(14)17-13/h4-8H,1-3H3,(H,17,18). The molecular weight excluding hydrogens is 302 g/mol.